The molecule has 1 rings (SSSR count). The minimum Gasteiger partial charge on any atom is -0.306 e. The fraction of sp³-hybridized carbons (Fsp3) is 0.786. The van der Waals surface area contributed by atoms with Crippen molar-refractivity contribution in [3.8, 4) is 0 Å². The first-order valence-electron chi connectivity index (χ1n) is 6.47. The summed E-state index contributed by atoms with van der Waals surface area (Å²) in [5.74, 6) is 1.55. The lowest BCUT2D eigenvalue weighted by Crippen LogP contribution is -2.30. The summed E-state index contributed by atoms with van der Waals surface area (Å²) in [6.45, 7) is 6.59. The summed E-state index contributed by atoms with van der Waals surface area (Å²) in [5, 5.41) is 0. The van der Waals surface area contributed by atoms with Gasteiger partial charge in [0.05, 0.1) is 0 Å². The van der Waals surface area contributed by atoms with E-state index in [-0.39, 0.29) is 0 Å². The van der Waals surface area contributed by atoms with Crippen LogP contribution in [0.1, 0.15) is 39.5 Å². The number of nitrogens with zero attached hydrogens (tertiary/aromatic N) is 1. The van der Waals surface area contributed by atoms with Gasteiger partial charge in [0.25, 0.3) is 0 Å². The highest BCUT2D eigenvalue weighted by Crippen LogP contribution is 2.21. The Kier molecular flexibility index (Phi) is 5.75. The molecule has 1 aliphatic rings. The molecular formula is C14H25NO. The lowest BCUT2D eigenvalue weighted by molar-refractivity contribution is -0.115. The quantitative estimate of drug-likeness (QED) is 0.668. The zero-order chi connectivity index (χ0) is 12.0. The maximum atomic E-state index is 11.6. The van der Waals surface area contributed by atoms with Gasteiger partial charge in [-0.2, -0.15) is 0 Å². The van der Waals surface area contributed by atoms with E-state index in [9.17, 15) is 4.79 Å². The van der Waals surface area contributed by atoms with Gasteiger partial charge in [0, 0.05) is 6.42 Å². The molecule has 1 heterocycles. The van der Waals surface area contributed by atoms with Gasteiger partial charge < -0.3 is 4.90 Å². The van der Waals surface area contributed by atoms with Crippen LogP contribution in [0.4, 0.5) is 0 Å². The van der Waals surface area contributed by atoms with E-state index in [2.05, 4.69) is 25.8 Å². The minimum absolute atomic E-state index is 0.299. The van der Waals surface area contributed by atoms with Gasteiger partial charge in [0.2, 0.25) is 0 Å². The highest BCUT2D eigenvalue weighted by molar-refractivity contribution is 5.89. The molecule has 0 saturated carbocycles. The second-order valence-corrected chi connectivity index (χ2v) is 5.35. The maximum absolute atomic E-state index is 11.6. The predicted molar refractivity (Wildman–Crippen MR) is 68.4 cm³/mol. The van der Waals surface area contributed by atoms with Crippen LogP contribution in [-0.4, -0.2) is 30.8 Å². The Balaban J connectivity index is 2.17. The molecule has 92 valence electrons. The average Bonchev–Trinajstić information content (AvgIpc) is 2.25. The smallest absolute Gasteiger partial charge is 0.155 e. The summed E-state index contributed by atoms with van der Waals surface area (Å²) in [6, 6.07) is 0. The van der Waals surface area contributed by atoms with E-state index in [0.29, 0.717) is 11.7 Å². The Morgan fingerprint density at radius 1 is 1.38 bits per heavy atom. The highest BCUT2D eigenvalue weighted by Gasteiger charge is 2.16. The average molecular weight is 223 g/mol. The Morgan fingerprint density at radius 2 is 2.00 bits per heavy atom. The number of carbonyl (C=O) groups excluding carboxylic acids is 1. The van der Waals surface area contributed by atoms with Crippen LogP contribution in [-0.2, 0) is 4.79 Å². The van der Waals surface area contributed by atoms with Crippen molar-refractivity contribution in [1.29, 1.82) is 0 Å². The summed E-state index contributed by atoms with van der Waals surface area (Å²) in [5.41, 5.74) is 0. The second kappa shape index (κ2) is 6.85. The highest BCUT2D eigenvalue weighted by atomic mass is 16.1. The fourth-order valence-electron chi connectivity index (χ4n) is 2.08. The van der Waals surface area contributed by atoms with E-state index in [0.717, 1.165) is 18.8 Å². The van der Waals surface area contributed by atoms with Crippen LogP contribution in [0.25, 0.3) is 0 Å². The molecule has 1 fully saturated rings. The second-order valence-electron chi connectivity index (χ2n) is 5.35. The molecule has 1 aliphatic heterocycles. The first kappa shape index (κ1) is 13.4. The third-order valence-corrected chi connectivity index (χ3v) is 3.30. The molecule has 0 spiro atoms. The molecule has 2 heteroatoms. The van der Waals surface area contributed by atoms with Crippen molar-refractivity contribution >= 4 is 5.78 Å². The Morgan fingerprint density at radius 3 is 2.56 bits per heavy atom. The maximum Gasteiger partial charge on any atom is 0.155 e. The van der Waals surface area contributed by atoms with Crippen molar-refractivity contribution in [3.05, 3.63) is 12.2 Å². The summed E-state index contributed by atoms with van der Waals surface area (Å²) < 4.78 is 0. The Bertz CT molecular complexity index is 237. The number of piperidine rings is 1. The number of rotatable bonds is 5. The molecule has 0 unspecified atom stereocenters. The molecule has 0 atom stereocenters. The van der Waals surface area contributed by atoms with Gasteiger partial charge in [-0.25, -0.2) is 0 Å². The van der Waals surface area contributed by atoms with Crippen molar-refractivity contribution in [1.82, 2.24) is 4.90 Å². The van der Waals surface area contributed by atoms with Crippen LogP contribution in [0.15, 0.2) is 12.2 Å². The molecule has 16 heavy (non-hydrogen) atoms. The first-order chi connectivity index (χ1) is 7.58. The van der Waals surface area contributed by atoms with Crippen LogP contribution in [0.2, 0.25) is 0 Å². The van der Waals surface area contributed by atoms with Crippen molar-refractivity contribution in [2.75, 3.05) is 20.1 Å². The van der Waals surface area contributed by atoms with Crippen molar-refractivity contribution in [2.24, 2.45) is 11.8 Å². The van der Waals surface area contributed by atoms with E-state index < -0.39 is 0 Å². The van der Waals surface area contributed by atoms with E-state index in [4.69, 9.17) is 0 Å². The van der Waals surface area contributed by atoms with Gasteiger partial charge >= 0.3 is 0 Å². The Labute approximate surface area is 99.7 Å². The third kappa shape index (κ3) is 5.45. The number of likely N-dealkylation sites (tertiary alicyclic amines) is 1. The molecule has 0 aliphatic carbocycles. The first-order valence-corrected chi connectivity index (χ1v) is 6.47. The summed E-state index contributed by atoms with van der Waals surface area (Å²) in [6.07, 6.45) is 8.10. The van der Waals surface area contributed by atoms with E-state index in [1.807, 2.05) is 6.08 Å². The van der Waals surface area contributed by atoms with E-state index >= 15 is 0 Å². The van der Waals surface area contributed by atoms with Gasteiger partial charge in [-0.15, -0.1) is 0 Å². The van der Waals surface area contributed by atoms with Crippen molar-refractivity contribution < 1.29 is 4.79 Å². The van der Waals surface area contributed by atoms with E-state index in [1.165, 1.54) is 25.9 Å². The molecule has 0 bridgehead atoms. The predicted octanol–water partition coefficient (Wildman–Crippen LogP) is 2.89. The number of allylic oxidation sites excluding steroid dienone is 2. The zero-order valence-corrected chi connectivity index (χ0v) is 10.9. The van der Waals surface area contributed by atoms with Gasteiger partial charge in [-0.05, 0) is 57.3 Å². The number of hydrogen-bond donors (Lipinski definition) is 0. The van der Waals surface area contributed by atoms with Crippen LogP contribution in [0, 0.1) is 11.8 Å². The number of ketones is 1. The van der Waals surface area contributed by atoms with Gasteiger partial charge in [-0.1, -0.05) is 19.9 Å². The summed E-state index contributed by atoms with van der Waals surface area (Å²) in [7, 11) is 2.17. The molecule has 0 aromatic carbocycles. The largest absolute Gasteiger partial charge is 0.306 e. The number of carbonyl (C=O) groups is 1. The van der Waals surface area contributed by atoms with Crippen LogP contribution >= 0.6 is 0 Å². The minimum atomic E-state index is 0.299. The van der Waals surface area contributed by atoms with Gasteiger partial charge in [0.15, 0.2) is 5.78 Å². The van der Waals surface area contributed by atoms with Gasteiger partial charge in [0.1, 0.15) is 0 Å². The molecule has 2 nitrogen and oxygen atoms in total. The van der Waals surface area contributed by atoms with Gasteiger partial charge in [-0.3, -0.25) is 4.79 Å². The molecule has 0 N–H and O–H groups in total. The van der Waals surface area contributed by atoms with Crippen LogP contribution in [0.5, 0.6) is 0 Å². The molecular weight excluding hydrogens is 198 g/mol. The fourth-order valence-corrected chi connectivity index (χ4v) is 2.08. The summed E-state index contributed by atoms with van der Waals surface area (Å²) in [4.78, 5) is 13.9. The molecule has 0 aromatic rings. The lowest BCUT2D eigenvalue weighted by atomic mass is 9.91. The van der Waals surface area contributed by atoms with Crippen LogP contribution < -0.4 is 0 Å². The monoisotopic (exact) mass is 223 g/mol. The van der Waals surface area contributed by atoms with E-state index in [1.54, 1.807) is 6.08 Å². The molecule has 0 radical (unpaired) electrons. The zero-order valence-electron chi connectivity index (χ0n) is 10.9. The Hall–Kier alpha value is -0.630. The molecule has 0 aromatic heterocycles. The standard InChI is InChI=1S/C14H25NO/c1-12(2)4-6-14(16)7-5-13-8-10-15(3)11-9-13/h4,6,12-13H,5,7-11H2,1-3H3/b6-4+. The normalized spacial score (nSPS) is 19.8. The lowest BCUT2D eigenvalue weighted by Gasteiger charge is -2.28. The third-order valence-electron chi connectivity index (χ3n) is 3.30. The molecule has 1 saturated heterocycles. The number of hydrogen-bond acceptors (Lipinski definition) is 2. The SMILES string of the molecule is CC(C)/C=C/C(=O)CCC1CCN(C)CC1. The van der Waals surface area contributed by atoms with Crippen molar-refractivity contribution in [3.63, 3.8) is 0 Å². The summed E-state index contributed by atoms with van der Waals surface area (Å²) >= 11 is 0. The topological polar surface area (TPSA) is 20.3 Å². The van der Waals surface area contributed by atoms with Crippen molar-refractivity contribution in [2.45, 2.75) is 39.5 Å². The molecule has 0 amide bonds. The van der Waals surface area contributed by atoms with Crippen LogP contribution in [0.3, 0.4) is 0 Å².